The van der Waals surface area contributed by atoms with Crippen molar-refractivity contribution >= 4 is 0 Å². The number of ether oxygens (including phenoxy) is 1. The molecule has 0 radical (unpaired) electrons. The fourth-order valence-corrected chi connectivity index (χ4v) is 0.475. The maximum atomic E-state index is 7.47. The molecule has 0 amide bonds. The van der Waals surface area contributed by atoms with Crippen LogP contribution in [-0.2, 0) is 0 Å². The van der Waals surface area contributed by atoms with Crippen LogP contribution in [0.4, 0.5) is 0 Å². The van der Waals surface area contributed by atoms with Gasteiger partial charge < -0.3 is 4.74 Å². The van der Waals surface area contributed by atoms with Crippen molar-refractivity contribution < 1.29 is 10.2 Å². The molecule has 0 spiro atoms. The third-order valence-corrected chi connectivity index (χ3v) is 0.951. The van der Waals surface area contributed by atoms with Crippen molar-refractivity contribution in [1.82, 2.24) is 0 Å². The average molecular weight is 136 g/mol. The molecule has 0 N–H and O–H groups in total. The van der Waals surface area contributed by atoms with E-state index in [9.17, 15) is 0 Å². The minimum absolute atomic E-state index is 0.0409. The van der Waals surface area contributed by atoms with Gasteiger partial charge in [-0.3, -0.25) is 0 Å². The molecule has 1 heteroatoms. The molecule has 0 unspecified atom stereocenters. The highest BCUT2D eigenvalue weighted by atomic mass is 16.5. The number of methoxy groups -OCH3 is 1. The molecule has 1 aromatic carbocycles. The Morgan fingerprint density at radius 2 is 2.10 bits per heavy atom. The van der Waals surface area contributed by atoms with Crippen LogP contribution < -0.4 is 4.74 Å². The van der Waals surface area contributed by atoms with Crippen LogP contribution in [0.2, 0.25) is 0 Å². The van der Waals surface area contributed by atoms with E-state index in [4.69, 9.17) is 16.6 Å². The molecule has 10 heavy (non-hydrogen) atoms. The summed E-state index contributed by atoms with van der Waals surface area (Å²) in [6.45, 7) is 0. The predicted molar refractivity (Wildman–Crippen MR) is 40.9 cm³/mol. The standard InChI is InChI=1S/C9H8O/c1-3-8-4-6-9(10-2)7-5-8/h1,4-7H,2H3/i4D,5D,6D,7D. The van der Waals surface area contributed by atoms with Crippen molar-refractivity contribution in [2.45, 2.75) is 0 Å². The second-order valence-corrected chi connectivity index (χ2v) is 1.55. The van der Waals surface area contributed by atoms with E-state index in [0.29, 0.717) is 0 Å². The first-order valence-electron chi connectivity index (χ1n) is 4.65. The van der Waals surface area contributed by atoms with Gasteiger partial charge in [-0.05, 0) is 24.2 Å². The topological polar surface area (TPSA) is 9.23 Å². The van der Waals surface area contributed by atoms with E-state index in [2.05, 4.69) is 5.92 Å². The van der Waals surface area contributed by atoms with Gasteiger partial charge in [-0.25, -0.2) is 0 Å². The van der Waals surface area contributed by atoms with Crippen molar-refractivity contribution in [1.29, 1.82) is 0 Å². The fourth-order valence-electron chi connectivity index (χ4n) is 0.475. The van der Waals surface area contributed by atoms with Crippen molar-refractivity contribution in [3.63, 3.8) is 0 Å². The molecular formula is C9H8O. The SMILES string of the molecule is [2H]c1c([2H])c(OC)c([2H])c([2H])c1C#C. The minimum Gasteiger partial charge on any atom is -0.497 e. The highest BCUT2D eigenvalue weighted by molar-refractivity contribution is 5.36. The Hall–Kier alpha value is -1.42. The van der Waals surface area contributed by atoms with Gasteiger partial charge in [0.15, 0.2) is 0 Å². The van der Waals surface area contributed by atoms with Gasteiger partial charge in [0.05, 0.1) is 12.6 Å². The van der Waals surface area contributed by atoms with Crippen LogP contribution in [0.15, 0.2) is 24.2 Å². The summed E-state index contributed by atoms with van der Waals surface area (Å²) in [4.78, 5) is 0. The summed E-state index contributed by atoms with van der Waals surface area (Å²) in [6.07, 6.45) is 5.08. The average Bonchev–Trinajstić information content (AvgIpc) is 2.17. The van der Waals surface area contributed by atoms with Gasteiger partial charge in [0.1, 0.15) is 5.75 Å². The summed E-state index contributed by atoms with van der Waals surface area (Å²) in [5, 5.41) is 0. The Kier molecular flexibility index (Phi) is 0.913. The number of terminal acetylenes is 1. The van der Waals surface area contributed by atoms with E-state index in [1.165, 1.54) is 7.11 Å². The lowest BCUT2D eigenvalue weighted by Gasteiger charge is -1.96. The Labute approximate surface area is 66.3 Å². The van der Waals surface area contributed by atoms with Crippen molar-refractivity contribution in [2.24, 2.45) is 0 Å². The first-order chi connectivity index (χ1) is 6.54. The highest BCUT2D eigenvalue weighted by Crippen LogP contribution is 2.09. The highest BCUT2D eigenvalue weighted by Gasteiger charge is 1.87. The molecule has 1 rings (SSSR count). The van der Waals surface area contributed by atoms with Crippen LogP contribution in [0.1, 0.15) is 11.0 Å². The lowest BCUT2D eigenvalue weighted by molar-refractivity contribution is 0.415. The molecule has 0 saturated carbocycles. The summed E-state index contributed by atoms with van der Waals surface area (Å²) < 4.78 is 34.6. The Morgan fingerprint density at radius 3 is 2.50 bits per heavy atom. The summed E-state index contributed by atoms with van der Waals surface area (Å²) in [7, 11) is 1.29. The van der Waals surface area contributed by atoms with E-state index in [1.54, 1.807) is 0 Å². The van der Waals surface area contributed by atoms with E-state index in [-0.39, 0.29) is 35.5 Å². The molecule has 0 aromatic heterocycles. The van der Waals surface area contributed by atoms with Crippen LogP contribution in [0.3, 0.4) is 0 Å². The van der Waals surface area contributed by atoms with Crippen molar-refractivity contribution in [3.05, 3.63) is 29.7 Å². The second kappa shape index (κ2) is 2.93. The van der Waals surface area contributed by atoms with E-state index in [1.807, 2.05) is 0 Å². The third-order valence-electron chi connectivity index (χ3n) is 0.951. The number of benzene rings is 1. The summed E-state index contributed by atoms with van der Waals surface area (Å²) >= 11 is 0. The van der Waals surface area contributed by atoms with Gasteiger partial charge >= 0.3 is 0 Å². The van der Waals surface area contributed by atoms with Gasteiger partial charge in [-0.1, -0.05) is 5.92 Å². The second-order valence-electron chi connectivity index (χ2n) is 1.55. The maximum Gasteiger partial charge on any atom is 0.118 e. The molecule has 1 nitrogen and oxygen atoms in total. The van der Waals surface area contributed by atoms with Gasteiger partial charge in [-0.15, -0.1) is 6.42 Å². The van der Waals surface area contributed by atoms with Crippen LogP contribution in [0.5, 0.6) is 5.75 Å². The van der Waals surface area contributed by atoms with Crippen LogP contribution in [-0.4, -0.2) is 7.11 Å². The molecule has 0 aliphatic rings. The van der Waals surface area contributed by atoms with Gasteiger partial charge in [0.2, 0.25) is 0 Å². The molecule has 0 bridgehead atoms. The van der Waals surface area contributed by atoms with Crippen molar-refractivity contribution in [3.8, 4) is 18.1 Å². The zero-order valence-corrected chi connectivity index (χ0v) is 5.49. The number of hydrogen-bond acceptors (Lipinski definition) is 1. The van der Waals surface area contributed by atoms with E-state index in [0.717, 1.165) is 0 Å². The first-order valence-corrected chi connectivity index (χ1v) is 2.65. The number of hydrogen-bond donors (Lipinski definition) is 0. The van der Waals surface area contributed by atoms with Crippen LogP contribution in [0, 0.1) is 12.3 Å². The number of rotatable bonds is 1. The van der Waals surface area contributed by atoms with E-state index >= 15 is 0 Å². The van der Waals surface area contributed by atoms with Gasteiger partial charge in [0, 0.05) is 5.56 Å². The molecule has 0 heterocycles. The molecule has 0 fully saturated rings. The Morgan fingerprint density at radius 1 is 1.50 bits per heavy atom. The summed E-state index contributed by atoms with van der Waals surface area (Å²) in [6, 6.07) is -0.987. The van der Waals surface area contributed by atoms with E-state index < -0.39 is 0 Å². The molecule has 0 aliphatic carbocycles. The molecule has 0 saturated heterocycles. The summed E-state index contributed by atoms with van der Waals surface area (Å²) in [5.74, 6) is 2.04. The van der Waals surface area contributed by atoms with Crippen molar-refractivity contribution in [2.75, 3.05) is 7.11 Å². The Balaban J connectivity index is 3.66. The molecule has 0 atom stereocenters. The monoisotopic (exact) mass is 136 g/mol. The fraction of sp³-hybridized carbons (Fsp3) is 0.111. The normalized spacial score (nSPS) is 14.0. The lowest BCUT2D eigenvalue weighted by Crippen LogP contribution is -1.81. The molecular weight excluding hydrogens is 124 g/mol. The predicted octanol–water partition coefficient (Wildman–Crippen LogP) is 1.68. The minimum atomic E-state index is -0.249. The largest absolute Gasteiger partial charge is 0.497 e. The lowest BCUT2D eigenvalue weighted by atomic mass is 10.2. The van der Waals surface area contributed by atoms with Crippen LogP contribution in [0.25, 0.3) is 0 Å². The molecule has 0 aliphatic heterocycles. The molecule has 50 valence electrons. The smallest absolute Gasteiger partial charge is 0.118 e. The summed E-state index contributed by atoms with van der Waals surface area (Å²) in [5.41, 5.74) is -0.0409. The zero-order chi connectivity index (χ0) is 10.9. The Bertz CT molecular complexity index is 383. The first kappa shape index (κ1) is 3.12. The van der Waals surface area contributed by atoms with Gasteiger partial charge in [-0.2, -0.15) is 0 Å². The third kappa shape index (κ3) is 1.29. The quantitative estimate of drug-likeness (QED) is 0.534. The molecule has 1 aromatic rings. The maximum absolute atomic E-state index is 7.47. The van der Waals surface area contributed by atoms with Gasteiger partial charge in [0.25, 0.3) is 0 Å². The van der Waals surface area contributed by atoms with Crippen LogP contribution >= 0.6 is 0 Å². The zero-order valence-electron chi connectivity index (χ0n) is 9.49.